The van der Waals surface area contributed by atoms with E-state index in [0.29, 0.717) is 0 Å². The van der Waals surface area contributed by atoms with Gasteiger partial charge in [0.2, 0.25) is 13.6 Å². The smallest absolute Gasteiger partial charge is 0.394 e. The number of aromatic nitrogens is 4. The zero-order valence-corrected chi connectivity index (χ0v) is 17.7. The Morgan fingerprint density at radius 2 is 1.28 bits per heavy atom. The second kappa shape index (κ2) is 12.9. The lowest BCUT2D eigenvalue weighted by Crippen LogP contribution is -2.32. The van der Waals surface area contributed by atoms with Gasteiger partial charge in [-0.3, -0.25) is 9.13 Å². The Hall–Kier alpha value is -2.78. The van der Waals surface area contributed by atoms with Crippen molar-refractivity contribution in [2.45, 2.75) is 25.3 Å². The lowest BCUT2D eigenvalue weighted by atomic mass is 10.3. The molecule has 0 aliphatic rings. The van der Waals surface area contributed by atoms with E-state index >= 15 is 0 Å². The van der Waals surface area contributed by atoms with E-state index in [-0.39, 0.29) is 24.7 Å². The molecule has 0 amide bonds. The molecule has 0 bridgehead atoms. The number of ether oxygens (including phenoxy) is 2. The van der Waals surface area contributed by atoms with Crippen LogP contribution in [0.1, 0.15) is 0 Å². The SMILES string of the molecule is Nc1ccn(C[C@@H](CO)OCO[P+](=O)OCO[C@H](CO)Cn2ccc(N)nc2=O)c(=O)n1. The summed E-state index contributed by atoms with van der Waals surface area (Å²) in [4.78, 5) is 30.5. The van der Waals surface area contributed by atoms with Crippen LogP contribution in [-0.2, 0) is 36.2 Å². The van der Waals surface area contributed by atoms with Crippen LogP contribution in [0.3, 0.4) is 0 Å². The zero-order chi connectivity index (χ0) is 23.5. The lowest BCUT2D eigenvalue weighted by Gasteiger charge is -2.15. The molecular formula is C16H24N6O9P+. The van der Waals surface area contributed by atoms with Crippen molar-refractivity contribution in [1.82, 2.24) is 19.1 Å². The largest absolute Gasteiger partial charge is 0.702 e. The number of anilines is 2. The van der Waals surface area contributed by atoms with Crippen LogP contribution in [0.2, 0.25) is 0 Å². The number of rotatable bonds is 14. The molecule has 2 heterocycles. The number of aliphatic hydroxyl groups excluding tert-OH is 2. The van der Waals surface area contributed by atoms with Crippen molar-refractivity contribution in [3.63, 3.8) is 0 Å². The van der Waals surface area contributed by atoms with Gasteiger partial charge >= 0.3 is 19.6 Å². The molecule has 16 heteroatoms. The molecule has 0 saturated carbocycles. The van der Waals surface area contributed by atoms with Gasteiger partial charge in [0.1, 0.15) is 23.8 Å². The molecule has 0 fully saturated rings. The van der Waals surface area contributed by atoms with Gasteiger partial charge in [0.15, 0.2) is 0 Å². The molecule has 0 saturated heterocycles. The van der Waals surface area contributed by atoms with E-state index in [2.05, 4.69) is 9.97 Å². The van der Waals surface area contributed by atoms with Gasteiger partial charge in [-0.25, -0.2) is 9.59 Å². The fourth-order valence-electron chi connectivity index (χ4n) is 2.30. The summed E-state index contributed by atoms with van der Waals surface area (Å²) >= 11 is 0. The van der Waals surface area contributed by atoms with Crippen LogP contribution in [0.15, 0.2) is 34.1 Å². The maximum absolute atomic E-state index is 11.7. The third kappa shape index (κ3) is 8.39. The summed E-state index contributed by atoms with van der Waals surface area (Å²) in [6, 6.07) is 2.83. The Bertz CT molecular complexity index is 923. The van der Waals surface area contributed by atoms with Gasteiger partial charge in [0.25, 0.3) is 0 Å². The Morgan fingerprint density at radius 1 is 0.875 bits per heavy atom. The average Bonchev–Trinajstić information content (AvgIpc) is 2.75. The maximum Gasteiger partial charge on any atom is 0.702 e. The van der Waals surface area contributed by atoms with E-state index in [0.717, 1.165) is 0 Å². The maximum atomic E-state index is 11.7. The highest BCUT2D eigenvalue weighted by atomic mass is 31.1. The quantitative estimate of drug-likeness (QED) is 0.172. The first-order valence-electron chi connectivity index (χ1n) is 9.16. The number of hydrogen-bond donors (Lipinski definition) is 4. The average molecular weight is 475 g/mol. The summed E-state index contributed by atoms with van der Waals surface area (Å²) in [5.41, 5.74) is 9.58. The topological polar surface area (TPSA) is 216 Å². The standard InChI is InChI=1S/C16H23N6O9P/c17-13-1-3-21(15(25)19-13)5-11(7-23)28-9-30-32(27)31-10-29-12(8-24)6-22-4-2-14(18)20-16(22)26/h1-4,11-12,23-24H,5-10H2,(H3-,17,18,19,20,25,26)/p+1/t11-,12-/m0/s1. The highest BCUT2D eigenvalue weighted by Crippen LogP contribution is 2.23. The van der Waals surface area contributed by atoms with Crippen molar-refractivity contribution >= 4 is 19.9 Å². The van der Waals surface area contributed by atoms with Gasteiger partial charge in [0, 0.05) is 17.0 Å². The predicted octanol–water partition coefficient (Wildman–Crippen LogP) is -1.97. The van der Waals surface area contributed by atoms with E-state index in [4.69, 9.17) is 30.0 Å². The first kappa shape index (κ1) is 25.5. The molecular weight excluding hydrogens is 451 g/mol. The molecule has 0 aliphatic heterocycles. The Morgan fingerprint density at radius 3 is 1.62 bits per heavy atom. The third-order valence-corrected chi connectivity index (χ3v) is 4.56. The second-order valence-corrected chi connectivity index (χ2v) is 7.20. The molecule has 2 atom stereocenters. The summed E-state index contributed by atoms with van der Waals surface area (Å²) in [5, 5.41) is 18.7. The van der Waals surface area contributed by atoms with Crippen molar-refractivity contribution in [3.05, 3.63) is 45.5 Å². The van der Waals surface area contributed by atoms with Gasteiger partial charge in [-0.2, -0.15) is 9.97 Å². The number of hydrogen-bond acceptors (Lipinski definition) is 13. The lowest BCUT2D eigenvalue weighted by molar-refractivity contribution is -0.0844. The Kier molecular flexibility index (Phi) is 10.3. The van der Waals surface area contributed by atoms with Crippen molar-refractivity contribution < 1.29 is 33.3 Å². The minimum Gasteiger partial charge on any atom is -0.394 e. The molecule has 0 aromatic carbocycles. The Labute approximate surface area is 182 Å². The molecule has 2 aromatic heterocycles. The van der Waals surface area contributed by atoms with E-state index in [1.165, 1.54) is 33.7 Å². The summed E-state index contributed by atoms with van der Waals surface area (Å²) in [6.45, 7) is -1.98. The Balaban J connectivity index is 1.70. The molecule has 32 heavy (non-hydrogen) atoms. The van der Waals surface area contributed by atoms with Crippen LogP contribution in [0, 0.1) is 0 Å². The van der Waals surface area contributed by atoms with Crippen LogP contribution in [-0.4, -0.2) is 68.3 Å². The van der Waals surface area contributed by atoms with Gasteiger partial charge in [-0.05, 0) is 12.1 Å². The van der Waals surface area contributed by atoms with Crippen molar-refractivity contribution in [3.8, 4) is 0 Å². The van der Waals surface area contributed by atoms with Gasteiger partial charge in [-0.15, -0.1) is 0 Å². The minimum absolute atomic E-state index is 0.0374. The third-order valence-electron chi connectivity index (χ3n) is 3.92. The fraction of sp³-hybridized carbons (Fsp3) is 0.500. The monoisotopic (exact) mass is 475 g/mol. The fourth-order valence-corrected chi connectivity index (χ4v) is 2.67. The van der Waals surface area contributed by atoms with Crippen LogP contribution < -0.4 is 22.8 Å². The molecule has 0 aliphatic carbocycles. The van der Waals surface area contributed by atoms with E-state index in [1.807, 2.05) is 0 Å². The van der Waals surface area contributed by atoms with Crippen molar-refractivity contribution in [2.75, 3.05) is 38.3 Å². The van der Waals surface area contributed by atoms with E-state index in [1.54, 1.807) is 0 Å². The molecule has 2 aromatic rings. The molecule has 6 N–H and O–H groups in total. The molecule has 0 unspecified atom stereocenters. The zero-order valence-electron chi connectivity index (χ0n) is 16.8. The van der Waals surface area contributed by atoms with Crippen molar-refractivity contribution in [2.24, 2.45) is 0 Å². The molecule has 0 radical (unpaired) electrons. The summed E-state index contributed by atoms with van der Waals surface area (Å²) in [6.07, 6.45) is 1.10. The predicted molar refractivity (Wildman–Crippen MR) is 109 cm³/mol. The van der Waals surface area contributed by atoms with Crippen LogP contribution in [0.4, 0.5) is 11.6 Å². The van der Waals surface area contributed by atoms with Gasteiger partial charge < -0.3 is 31.2 Å². The number of nitrogens with zero attached hydrogens (tertiary/aromatic N) is 4. The molecule has 176 valence electrons. The van der Waals surface area contributed by atoms with Gasteiger partial charge in [-0.1, -0.05) is 9.05 Å². The highest BCUT2D eigenvalue weighted by molar-refractivity contribution is 7.33. The summed E-state index contributed by atoms with van der Waals surface area (Å²) in [7, 11) is -2.65. The summed E-state index contributed by atoms with van der Waals surface area (Å²) < 4.78 is 34.2. The van der Waals surface area contributed by atoms with Gasteiger partial charge in [0.05, 0.1) is 26.3 Å². The first-order chi connectivity index (χ1) is 15.3. The van der Waals surface area contributed by atoms with E-state index in [9.17, 15) is 24.4 Å². The minimum atomic E-state index is -2.65. The number of nitrogens with two attached hydrogens (primary N) is 2. The summed E-state index contributed by atoms with van der Waals surface area (Å²) in [5.74, 6) is 0.126. The van der Waals surface area contributed by atoms with E-state index < -0.39 is 58.6 Å². The highest BCUT2D eigenvalue weighted by Gasteiger charge is 2.23. The molecule has 0 spiro atoms. The number of aliphatic hydroxyl groups is 2. The molecule has 15 nitrogen and oxygen atoms in total. The van der Waals surface area contributed by atoms with Crippen molar-refractivity contribution in [1.29, 1.82) is 0 Å². The number of nitrogen functional groups attached to an aromatic ring is 2. The second-order valence-electron chi connectivity index (χ2n) is 6.23. The molecule has 2 rings (SSSR count). The van der Waals surface area contributed by atoms with Crippen LogP contribution in [0.5, 0.6) is 0 Å². The first-order valence-corrected chi connectivity index (χ1v) is 10.3. The van der Waals surface area contributed by atoms with Crippen LogP contribution in [0.25, 0.3) is 0 Å². The van der Waals surface area contributed by atoms with Crippen LogP contribution >= 0.6 is 8.25 Å². The normalized spacial score (nSPS) is 13.1.